The van der Waals surface area contributed by atoms with Gasteiger partial charge in [-0.3, -0.25) is 9.78 Å². The fourth-order valence-corrected chi connectivity index (χ4v) is 3.25. The van der Waals surface area contributed by atoms with Crippen molar-refractivity contribution in [3.63, 3.8) is 0 Å². The summed E-state index contributed by atoms with van der Waals surface area (Å²) < 4.78 is 6.97. The van der Waals surface area contributed by atoms with E-state index in [4.69, 9.17) is 10.5 Å². The number of carbonyl (C=O) groups excluding carboxylic acids is 1. The Morgan fingerprint density at radius 2 is 2.00 bits per heavy atom. The standard InChI is InChI=1S/C23H25N7O2/c1-15(2)32-12-6-11-26-23(31)19-20-22(29-18-9-4-3-8-17(18)28-20)30(21(19)24)27-14-16-7-5-10-25-13-16/h3-5,7-10,13-15H,6,11-12,24H2,1-2H3,(H,26,31). The Labute approximate surface area is 185 Å². The molecule has 0 radical (unpaired) electrons. The molecule has 0 aliphatic carbocycles. The molecule has 0 unspecified atom stereocenters. The number of fused-ring (bicyclic) bond motifs is 2. The summed E-state index contributed by atoms with van der Waals surface area (Å²) in [5.41, 5.74) is 9.61. The minimum absolute atomic E-state index is 0.153. The summed E-state index contributed by atoms with van der Waals surface area (Å²) in [4.78, 5) is 26.4. The van der Waals surface area contributed by atoms with Crippen LogP contribution in [0, 0.1) is 0 Å². The second kappa shape index (κ2) is 9.52. The Morgan fingerprint density at radius 3 is 2.72 bits per heavy atom. The molecule has 32 heavy (non-hydrogen) atoms. The highest BCUT2D eigenvalue weighted by atomic mass is 16.5. The molecule has 0 spiro atoms. The number of amides is 1. The molecular formula is C23H25N7O2. The molecule has 0 atom stereocenters. The van der Waals surface area contributed by atoms with Crippen molar-refractivity contribution in [1.29, 1.82) is 0 Å². The van der Waals surface area contributed by atoms with Gasteiger partial charge in [-0.1, -0.05) is 18.2 Å². The maximum Gasteiger partial charge on any atom is 0.257 e. The first kappa shape index (κ1) is 21.4. The lowest BCUT2D eigenvalue weighted by Crippen LogP contribution is -2.26. The summed E-state index contributed by atoms with van der Waals surface area (Å²) in [6, 6.07) is 11.1. The van der Waals surface area contributed by atoms with Gasteiger partial charge >= 0.3 is 0 Å². The Balaban J connectivity index is 1.71. The van der Waals surface area contributed by atoms with Crippen molar-refractivity contribution >= 4 is 40.1 Å². The summed E-state index contributed by atoms with van der Waals surface area (Å²) in [6.45, 7) is 4.97. The number of ether oxygens (including phenoxy) is 1. The van der Waals surface area contributed by atoms with Crippen LogP contribution >= 0.6 is 0 Å². The van der Waals surface area contributed by atoms with Gasteiger partial charge in [0.1, 0.15) is 16.9 Å². The fourth-order valence-electron chi connectivity index (χ4n) is 3.25. The topological polar surface area (TPSA) is 120 Å². The molecule has 0 aliphatic heterocycles. The van der Waals surface area contributed by atoms with Gasteiger partial charge in [-0.2, -0.15) is 9.78 Å². The van der Waals surface area contributed by atoms with Gasteiger partial charge in [0.25, 0.3) is 5.91 Å². The van der Waals surface area contributed by atoms with Crippen molar-refractivity contribution in [3.05, 3.63) is 59.9 Å². The number of hydrogen-bond donors (Lipinski definition) is 2. The SMILES string of the molecule is CC(C)OCCCNC(=O)c1c(N)n(N=Cc2cccnc2)c2nc3ccccc3nc12. The number of nitrogen functional groups attached to an aromatic ring is 1. The molecular weight excluding hydrogens is 406 g/mol. The lowest BCUT2D eigenvalue weighted by atomic mass is 10.2. The van der Waals surface area contributed by atoms with E-state index in [1.807, 2.05) is 50.2 Å². The van der Waals surface area contributed by atoms with Crippen LogP contribution in [0.3, 0.4) is 0 Å². The minimum Gasteiger partial charge on any atom is -0.383 e. The summed E-state index contributed by atoms with van der Waals surface area (Å²) in [7, 11) is 0. The van der Waals surface area contributed by atoms with Gasteiger partial charge in [0.15, 0.2) is 5.65 Å². The van der Waals surface area contributed by atoms with Gasteiger partial charge in [-0.15, -0.1) is 0 Å². The van der Waals surface area contributed by atoms with E-state index in [0.717, 1.165) is 5.56 Å². The predicted molar refractivity (Wildman–Crippen MR) is 125 cm³/mol. The van der Waals surface area contributed by atoms with E-state index in [2.05, 4.69) is 25.4 Å². The van der Waals surface area contributed by atoms with Crippen molar-refractivity contribution in [2.75, 3.05) is 18.9 Å². The van der Waals surface area contributed by atoms with Crippen LogP contribution in [0.1, 0.15) is 36.2 Å². The molecule has 0 aliphatic rings. The number of anilines is 1. The second-order valence-corrected chi connectivity index (χ2v) is 7.52. The third kappa shape index (κ3) is 4.57. The van der Waals surface area contributed by atoms with Crippen molar-refractivity contribution in [2.24, 2.45) is 5.10 Å². The van der Waals surface area contributed by atoms with Crippen LogP contribution < -0.4 is 11.1 Å². The molecule has 9 heteroatoms. The average Bonchev–Trinajstić information content (AvgIpc) is 3.06. The summed E-state index contributed by atoms with van der Waals surface area (Å²) >= 11 is 0. The first-order valence-electron chi connectivity index (χ1n) is 10.5. The molecule has 0 fully saturated rings. The number of pyridine rings is 1. The molecule has 4 rings (SSSR count). The third-order valence-electron chi connectivity index (χ3n) is 4.77. The summed E-state index contributed by atoms with van der Waals surface area (Å²) in [5.74, 6) is -0.150. The van der Waals surface area contributed by atoms with E-state index in [0.29, 0.717) is 41.8 Å². The molecule has 4 aromatic rings. The van der Waals surface area contributed by atoms with E-state index >= 15 is 0 Å². The lowest BCUT2D eigenvalue weighted by molar-refractivity contribution is 0.0757. The lowest BCUT2D eigenvalue weighted by Gasteiger charge is -2.08. The Kier molecular flexibility index (Phi) is 6.37. The highest BCUT2D eigenvalue weighted by Crippen LogP contribution is 2.27. The number of aromatic nitrogens is 4. The van der Waals surface area contributed by atoms with Gasteiger partial charge in [0.05, 0.1) is 23.4 Å². The largest absolute Gasteiger partial charge is 0.383 e. The minimum atomic E-state index is -0.322. The van der Waals surface area contributed by atoms with Crippen molar-refractivity contribution < 1.29 is 9.53 Å². The highest BCUT2D eigenvalue weighted by molar-refractivity contribution is 6.10. The Bertz CT molecular complexity index is 1270. The average molecular weight is 432 g/mol. The molecule has 0 saturated heterocycles. The third-order valence-corrected chi connectivity index (χ3v) is 4.77. The van der Waals surface area contributed by atoms with E-state index < -0.39 is 0 Å². The predicted octanol–water partition coefficient (Wildman–Crippen LogP) is 2.99. The van der Waals surface area contributed by atoms with Crippen LogP contribution in [-0.2, 0) is 4.74 Å². The molecule has 1 aromatic carbocycles. The maximum absolute atomic E-state index is 13.0. The molecule has 1 amide bonds. The van der Waals surface area contributed by atoms with Crippen LogP contribution in [0.15, 0.2) is 53.9 Å². The maximum atomic E-state index is 13.0. The number of hydrogen-bond acceptors (Lipinski definition) is 7. The number of nitrogens with zero attached hydrogens (tertiary/aromatic N) is 5. The van der Waals surface area contributed by atoms with E-state index in [-0.39, 0.29) is 23.4 Å². The first-order chi connectivity index (χ1) is 15.5. The fraction of sp³-hybridized carbons (Fsp3) is 0.261. The van der Waals surface area contributed by atoms with Gasteiger partial charge in [0, 0.05) is 31.1 Å². The molecule has 3 aromatic heterocycles. The van der Waals surface area contributed by atoms with Crippen molar-refractivity contribution in [3.8, 4) is 0 Å². The van der Waals surface area contributed by atoms with Gasteiger partial charge in [0.2, 0.25) is 0 Å². The number of rotatable bonds is 8. The zero-order valence-electron chi connectivity index (χ0n) is 18.0. The van der Waals surface area contributed by atoms with Crippen molar-refractivity contribution in [2.45, 2.75) is 26.4 Å². The zero-order chi connectivity index (χ0) is 22.5. The number of benzene rings is 1. The van der Waals surface area contributed by atoms with E-state index in [9.17, 15) is 4.79 Å². The molecule has 164 valence electrons. The summed E-state index contributed by atoms with van der Waals surface area (Å²) in [6.07, 6.45) is 5.82. The monoisotopic (exact) mass is 431 g/mol. The molecule has 0 saturated carbocycles. The Morgan fingerprint density at radius 1 is 1.22 bits per heavy atom. The number of para-hydroxylation sites is 2. The van der Waals surface area contributed by atoms with Gasteiger partial charge < -0.3 is 15.8 Å². The zero-order valence-corrected chi connectivity index (χ0v) is 18.0. The number of nitrogens with one attached hydrogen (secondary N) is 1. The molecule has 3 heterocycles. The van der Waals surface area contributed by atoms with Crippen LogP contribution in [0.2, 0.25) is 0 Å². The van der Waals surface area contributed by atoms with Crippen LogP contribution in [0.25, 0.3) is 22.2 Å². The van der Waals surface area contributed by atoms with Crippen LogP contribution in [-0.4, -0.2) is 51.0 Å². The normalized spacial score (nSPS) is 11.7. The van der Waals surface area contributed by atoms with Gasteiger partial charge in [-0.25, -0.2) is 9.97 Å². The molecule has 0 bridgehead atoms. The van der Waals surface area contributed by atoms with Crippen LogP contribution in [0.5, 0.6) is 0 Å². The second-order valence-electron chi connectivity index (χ2n) is 7.52. The molecule has 3 N–H and O–H groups in total. The summed E-state index contributed by atoms with van der Waals surface area (Å²) in [5, 5.41) is 7.37. The molecule has 9 nitrogen and oxygen atoms in total. The van der Waals surface area contributed by atoms with E-state index in [1.54, 1.807) is 18.6 Å². The smallest absolute Gasteiger partial charge is 0.257 e. The van der Waals surface area contributed by atoms with E-state index in [1.165, 1.54) is 4.68 Å². The highest BCUT2D eigenvalue weighted by Gasteiger charge is 2.23. The number of carbonyl (C=O) groups is 1. The first-order valence-corrected chi connectivity index (χ1v) is 10.5. The quantitative estimate of drug-likeness (QED) is 0.327. The van der Waals surface area contributed by atoms with Gasteiger partial charge in [-0.05, 0) is 38.5 Å². The van der Waals surface area contributed by atoms with Crippen LogP contribution in [0.4, 0.5) is 5.82 Å². The number of nitrogens with two attached hydrogens (primary N) is 1. The Hall–Kier alpha value is -3.85. The van der Waals surface area contributed by atoms with Crippen molar-refractivity contribution in [1.82, 2.24) is 24.9 Å².